The van der Waals surface area contributed by atoms with Crippen LogP contribution in [0.3, 0.4) is 0 Å². The van der Waals surface area contributed by atoms with Crippen molar-refractivity contribution in [3.63, 3.8) is 0 Å². The second-order valence-corrected chi connectivity index (χ2v) is 4.86. The van der Waals surface area contributed by atoms with Gasteiger partial charge in [-0.15, -0.1) is 0 Å². The van der Waals surface area contributed by atoms with E-state index in [9.17, 15) is 4.79 Å². The van der Waals surface area contributed by atoms with Gasteiger partial charge in [-0.25, -0.2) is 4.79 Å². The Morgan fingerprint density at radius 1 is 0.955 bits per heavy atom. The number of carboxylic acid groups (broad SMARTS) is 1. The summed E-state index contributed by atoms with van der Waals surface area (Å²) in [6.07, 6.45) is 1.73. The first-order chi connectivity index (χ1) is 10.7. The molecule has 3 rings (SSSR count). The molecule has 3 aromatic rings. The zero-order valence-corrected chi connectivity index (χ0v) is 11.7. The number of benzene rings is 3. The number of nitrogens with zero attached hydrogens (tertiary/aromatic N) is 1. The largest absolute Gasteiger partial charge is 0.478 e. The van der Waals surface area contributed by atoms with Crippen molar-refractivity contribution in [2.24, 2.45) is 5.10 Å². The molecule has 0 amide bonds. The van der Waals surface area contributed by atoms with Crippen molar-refractivity contribution < 1.29 is 9.90 Å². The second-order valence-electron chi connectivity index (χ2n) is 4.86. The Morgan fingerprint density at radius 2 is 1.68 bits per heavy atom. The normalized spacial score (nSPS) is 10.9. The van der Waals surface area contributed by atoms with Gasteiger partial charge in [0.1, 0.15) is 0 Å². The SMILES string of the molecule is O=C(O)c1ccc(N/N=C\c2ccc3ccccc3c2)cc1. The average molecular weight is 290 g/mol. The molecule has 108 valence electrons. The molecule has 0 aliphatic rings. The van der Waals surface area contributed by atoms with Crippen LogP contribution in [0.2, 0.25) is 0 Å². The summed E-state index contributed by atoms with van der Waals surface area (Å²) in [6, 6.07) is 20.7. The van der Waals surface area contributed by atoms with E-state index in [0.717, 1.165) is 16.6 Å². The predicted molar refractivity (Wildman–Crippen MR) is 88.6 cm³/mol. The summed E-state index contributed by atoms with van der Waals surface area (Å²) in [5.41, 5.74) is 4.87. The van der Waals surface area contributed by atoms with E-state index in [0.29, 0.717) is 0 Å². The Balaban J connectivity index is 1.71. The van der Waals surface area contributed by atoms with Crippen molar-refractivity contribution in [3.8, 4) is 0 Å². The Kier molecular flexibility index (Phi) is 3.83. The number of nitrogens with one attached hydrogen (secondary N) is 1. The van der Waals surface area contributed by atoms with Crippen molar-refractivity contribution in [1.82, 2.24) is 0 Å². The molecule has 0 saturated carbocycles. The number of aromatic carboxylic acids is 1. The van der Waals surface area contributed by atoms with Crippen molar-refractivity contribution in [2.45, 2.75) is 0 Å². The molecule has 2 N–H and O–H groups in total. The fourth-order valence-electron chi connectivity index (χ4n) is 2.16. The van der Waals surface area contributed by atoms with Crippen molar-refractivity contribution >= 4 is 28.6 Å². The third kappa shape index (κ3) is 3.12. The molecule has 0 bridgehead atoms. The van der Waals surface area contributed by atoms with Crippen LogP contribution in [0.4, 0.5) is 5.69 Å². The molecule has 4 heteroatoms. The minimum absolute atomic E-state index is 0.254. The summed E-state index contributed by atoms with van der Waals surface area (Å²) in [6.45, 7) is 0. The summed E-state index contributed by atoms with van der Waals surface area (Å²) < 4.78 is 0. The fourth-order valence-corrected chi connectivity index (χ4v) is 2.16. The third-order valence-corrected chi connectivity index (χ3v) is 3.31. The monoisotopic (exact) mass is 290 g/mol. The molecule has 0 unspecified atom stereocenters. The fraction of sp³-hybridized carbons (Fsp3) is 0. The molecule has 0 aliphatic heterocycles. The van der Waals surface area contributed by atoms with Crippen LogP contribution in [0.25, 0.3) is 10.8 Å². The molecule has 4 nitrogen and oxygen atoms in total. The maximum atomic E-state index is 10.8. The Morgan fingerprint density at radius 3 is 2.41 bits per heavy atom. The first kappa shape index (κ1) is 13.8. The number of fused-ring (bicyclic) bond motifs is 1. The molecule has 0 fully saturated rings. The van der Waals surface area contributed by atoms with Crippen LogP contribution in [-0.2, 0) is 0 Å². The summed E-state index contributed by atoms with van der Waals surface area (Å²) in [7, 11) is 0. The van der Waals surface area contributed by atoms with E-state index in [-0.39, 0.29) is 5.56 Å². The van der Waals surface area contributed by atoms with Gasteiger partial charge < -0.3 is 5.11 Å². The second kappa shape index (κ2) is 6.10. The van der Waals surface area contributed by atoms with Crippen LogP contribution in [0.15, 0.2) is 71.8 Å². The van der Waals surface area contributed by atoms with E-state index in [1.54, 1.807) is 18.3 Å². The van der Waals surface area contributed by atoms with Crippen molar-refractivity contribution in [1.29, 1.82) is 0 Å². The molecule has 0 aromatic heterocycles. The van der Waals surface area contributed by atoms with E-state index in [2.05, 4.69) is 34.8 Å². The van der Waals surface area contributed by atoms with E-state index < -0.39 is 5.97 Å². The quantitative estimate of drug-likeness (QED) is 0.564. The molecule has 0 radical (unpaired) electrons. The molecule has 0 heterocycles. The molecule has 0 aliphatic carbocycles. The zero-order valence-electron chi connectivity index (χ0n) is 11.7. The van der Waals surface area contributed by atoms with Gasteiger partial charge in [0.05, 0.1) is 17.5 Å². The summed E-state index contributed by atoms with van der Waals surface area (Å²) >= 11 is 0. The van der Waals surface area contributed by atoms with E-state index >= 15 is 0 Å². The number of rotatable bonds is 4. The lowest BCUT2D eigenvalue weighted by Crippen LogP contribution is -1.96. The first-order valence-corrected chi connectivity index (χ1v) is 6.83. The topological polar surface area (TPSA) is 61.7 Å². The number of carboxylic acids is 1. The highest BCUT2D eigenvalue weighted by atomic mass is 16.4. The number of hydrogen-bond donors (Lipinski definition) is 2. The van der Waals surface area contributed by atoms with Crippen molar-refractivity contribution in [2.75, 3.05) is 5.43 Å². The van der Waals surface area contributed by atoms with Gasteiger partial charge in [-0.3, -0.25) is 5.43 Å². The average Bonchev–Trinajstić information content (AvgIpc) is 2.55. The maximum absolute atomic E-state index is 10.8. The van der Waals surface area contributed by atoms with Gasteiger partial charge in [-0.2, -0.15) is 5.10 Å². The summed E-state index contributed by atoms with van der Waals surface area (Å²) in [5, 5.41) is 15.4. The van der Waals surface area contributed by atoms with Gasteiger partial charge in [0.2, 0.25) is 0 Å². The predicted octanol–water partition coefficient (Wildman–Crippen LogP) is 3.98. The smallest absolute Gasteiger partial charge is 0.335 e. The van der Waals surface area contributed by atoms with E-state index in [1.165, 1.54) is 17.5 Å². The molecule has 3 aromatic carbocycles. The lowest BCUT2D eigenvalue weighted by atomic mass is 10.1. The molecule has 0 saturated heterocycles. The Bertz CT molecular complexity index is 839. The van der Waals surface area contributed by atoms with Gasteiger partial charge in [0.25, 0.3) is 0 Å². The number of hydrazone groups is 1. The standard InChI is InChI=1S/C18H14N2O2/c21-18(22)15-7-9-17(10-8-15)20-19-12-13-5-6-14-3-1-2-4-16(14)11-13/h1-12,20H,(H,21,22)/b19-12-. The number of anilines is 1. The van der Waals surface area contributed by atoms with Crippen LogP contribution >= 0.6 is 0 Å². The van der Waals surface area contributed by atoms with Gasteiger partial charge in [0, 0.05) is 0 Å². The highest BCUT2D eigenvalue weighted by molar-refractivity contribution is 5.90. The number of hydrogen-bond acceptors (Lipinski definition) is 3. The van der Waals surface area contributed by atoms with Crippen LogP contribution < -0.4 is 5.43 Å². The molecule has 22 heavy (non-hydrogen) atoms. The molecule has 0 atom stereocenters. The summed E-state index contributed by atoms with van der Waals surface area (Å²) in [4.78, 5) is 10.8. The number of carbonyl (C=O) groups is 1. The molecular formula is C18H14N2O2. The zero-order chi connectivity index (χ0) is 15.4. The highest BCUT2D eigenvalue weighted by Gasteiger charge is 2.00. The van der Waals surface area contributed by atoms with Gasteiger partial charge >= 0.3 is 5.97 Å². The lowest BCUT2D eigenvalue weighted by Gasteiger charge is -2.01. The summed E-state index contributed by atoms with van der Waals surface area (Å²) in [5.74, 6) is -0.939. The van der Waals surface area contributed by atoms with E-state index in [1.807, 2.05) is 18.2 Å². The Hall–Kier alpha value is -3.14. The molecule has 0 spiro atoms. The van der Waals surface area contributed by atoms with Crippen molar-refractivity contribution in [3.05, 3.63) is 77.9 Å². The van der Waals surface area contributed by atoms with Crippen LogP contribution in [0.1, 0.15) is 15.9 Å². The minimum atomic E-state index is -0.939. The molecular weight excluding hydrogens is 276 g/mol. The maximum Gasteiger partial charge on any atom is 0.335 e. The Labute approximate surface area is 127 Å². The van der Waals surface area contributed by atoms with Crippen LogP contribution in [-0.4, -0.2) is 17.3 Å². The lowest BCUT2D eigenvalue weighted by molar-refractivity contribution is 0.0697. The van der Waals surface area contributed by atoms with Gasteiger partial charge in [-0.05, 0) is 46.7 Å². The van der Waals surface area contributed by atoms with Gasteiger partial charge in [-0.1, -0.05) is 36.4 Å². The third-order valence-electron chi connectivity index (χ3n) is 3.31. The van der Waals surface area contributed by atoms with Gasteiger partial charge in [0.15, 0.2) is 0 Å². The minimum Gasteiger partial charge on any atom is -0.478 e. The van der Waals surface area contributed by atoms with Crippen LogP contribution in [0, 0.1) is 0 Å². The first-order valence-electron chi connectivity index (χ1n) is 6.83. The van der Waals surface area contributed by atoms with E-state index in [4.69, 9.17) is 5.11 Å². The van der Waals surface area contributed by atoms with Crippen LogP contribution in [0.5, 0.6) is 0 Å². The highest BCUT2D eigenvalue weighted by Crippen LogP contribution is 2.15.